The van der Waals surface area contributed by atoms with E-state index in [1.54, 1.807) is 18.2 Å². The van der Waals surface area contributed by atoms with Gasteiger partial charge in [-0.3, -0.25) is 4.90 Å². The Morgan fingerprint density at radius 2 is 1.85 bits per heavy atom. The van der Waals surface area contributed by atoms with E-state index in [0.29, 0.717) is 21.8 Å². The second-order valence-corrected chi connectivity index (χ2v) is 7.75. The standard InChI is InChI=1S/C20H21Cl2N3O/c21-18-6-5-16(11-19(18)22)23-20(26)25-10-8-17(13-25)24-9-7-14-3-1-2-4-15(14)12-24/h1-6,11,17H,7-10,12-13H2,(H,23,26). The summed E-state index contributed by atoms with van der Waals surface area (Å²) >= 11 is 11.9. The molecule has 2 aromatic rings. The molecule has 2 amide bonds. The van der Waals surface area contributed by atoms with Crippen LogP contribution in [-0.4, -0.2) is 41.5 Å². The Hall–Kier alpha value is -1.75. The number of carbonyl (C=O) groups excluding carboxylic acids is 1. The van der Waals surface area contributed by atoms with Crippen molar-refractivity contribution in [1.29, 1.82) is 0 Å². The quantitative estimate of drug-likeness (QED) is 0.810. The first-order chi connectivity index (χ1) is 12.6. The highest BCUT2D eigenvalue weighted by Gasteiger charge is 2.32. The number of benzene rings is 2. The Labute approximate surface area is 163 Å². The molecule has 1 unspecified atom stereocenters. The third-order valence-electron chi connectivity index (χ3n) is 5.30. The van der Waals surface area contributed by atoms with Crippen LogP contribution in [0.25, 0.3) is 0 Å². The number of likely N-dealkylation sites (tertiary alicyclic amines) is 1. The molecule has 0 bridgehead atoms. The molecule has 6 heteroatoms. The number of rotatable bonds is 2. The van der Waals surface area contributed by atoms with Crippen LogP contribution < -0.4 is 5.32 Å². The molecule has 0 aromatic heterocycles. The number of nitrogens with one attached hydrogen (secondary N) is 1. The number of halogens is 2. The maximum Gasteiger partial charge on any atom is 0.321 e. The van der Waals surface area contributed by atoms with Crippen molar-refractivity contribution in [1.82, 2.24) is 9.80 Å². The van der Waals surface area contributed by atoms with Gasteiger partial charge in [-0.25, -0.2) is 4.79 Å². The van der Waals surface area contributed by atoms with Crippen LogP contribution in [0.2, 0.25) is 10.0 Å². The number of carbonyl (C=O) groups is 1. The van der Waals surface area contributed by atoms with Gasteiger partial charge in [-0.15, -0.1) is 0 Å². The lowest BCUT2D eigenvalue weighted by molar-refractivity contribution is 0.177. The molecular formula is C20H21Cl2N3O. The molecular weight excluding hydrogens is 369 g/mol. The van der Waals surface area contributed by atoms with E-state index in [1.807, 2.05) is 4.90 Å². The zero-order valence-corrected chi connectivity index (χ0v) is 15.9. The van der Waals surface area contributed by atoms with Crippen molar-refractivity contribution >= 4 is 34.9 Å². The normalized spacial score (nSPS) is 20.1. The van der Waals surface area contributed by atoms with E-state index in [9.17, 15) is 4.79 Å². The van der Waals surface area contributed by atoms with Gasteiger partial charge in [-0.2, -0.15) is 0 Å². The summed E-state index contributed by atoms with van der Waals surface area (Å²) in [6, 6.07) is 14.1. The lowest BCUT2D eigenvalue weighted by Gasteiger charge is -2.33. The van der Waals surface area contributed by atoms with Crippen LogP contribution in [0.1, 0.15) is 17.5 Å². The fraction of sp³-hybridized carbons (Fsp3) is 0.350. The first kappa shape index (κ1) is 17.7. The molecule has 136 valence electrons. The smallest absolute Gasteiger partial charge is 0.321 e. The summed E-state index contributed by atoms with van der Waals surface area (Å²) in [5, 5.41) is 3.84. The van der Waals surface area contributed by atoms with Crippen molar-refractivity contribution in [3.8, 4) is 0 Å². The van der Waals surface area contributed by atoms with Crippen LogP contribution in [0.3, 0.4) is 0 Å². The lowest BCUT2D eigenvalue weighted by atomic mass is 9.98. The summed E-state index contributed by atoms with van der Waals surface area (Å²) in [6.07, 6.45) is 2.10. The van der Waals surface area contributed by atoms with Crippen LogP contribution in [-0.2, 0) is 13.0 Å². The van der Waals surface area contributed by atoms with Crippen molar-refractivity contribution in [2.24, 2.45) is 0 Å². The van der Waals surface area contributed by atoms with Gasteiger partial charge in [0.2, 0.25) is 0 Å². The van der Waals surface area contributed by atoms with E-state index >= 15 is 0 Å². The largest absolute Gasteiger partial charge is 0.323 e. The molecule has 0 saturated carbocycles. The number of hydrogen-bond acceptors (Lipinski definition) is 2. The van der Waals surface area contributed by atoms with Gasteiger partial charge < -0.3 is 10.2 Å². The second kappa shape index (κ2) is 7.47. The topological polar surface area (TPSA) is 35.6 Å². The van der Waals surface area contributed by atoms with Gasteiger partial charge in [-0.05, 0) is 42.2 Å². The molecule has 0 aliphatic carbocycles. The Balaban J connectivity index is 1.36. The summed E-state index contributed by atoms with van der Waals surface area (Å²) in [4.78, 5) is 16.9. The SMILES string of the molecule is O=C(Nc1ccc(Cl)c(Cl)c1)N1CCC(N2CCc3ccccc3C2)C1. The Bertz CT molecular complexity index is 826. The third-order valence-corrected chi connectivity index (χ3v) is 6.04. The molecule has 4 rings (SSSR count). The predicted molar refractivity (Wildman–Crippen MR) is 106 cm³/mol. The molecule has 2 aliphatic heterocycles. The Morgan fingerprint density at radius 3 is 2.65 bits per heavy atom. The fourth-order valence-electron chi connectivity index (χ4n) is 3.83. The third kappa shape index (κ3) is 3.68. The summed E-state index contributed by atoms with van der Waals surface area (Å²) in [6.45, 7) is 3.57. The number of hydrogen-bond donors (Lipinski definition) is 1. The molecule has 26 heavy (non-hydrogen) atoms. The van der Waals surface area contributed by atoms with Crippen LogP contribution in [0.4, 0.5) is 10.5 Å². The van der Waals surface area contributed by atoms with Gasteiger partial charge in [0.05, 0.1) is 10.0 Å². The van der Waals surface area contributed by atoms with E-state index in [1.165, 1.54) is 11.1 Å². The average Bonchev–Trinajstić information content (AvgIpc) is 3.15. The molecule has 4 nitrogen and oxygen atoms in total. The molecule has 0 spiro atoms. The summed E-state index contributed by atoms with van der Waals surface area (Å²) < 4.78 is 0. The highest BCUT2D eigenvalue weighted by molar-refractivity contribution is 6.42. The average molecular weight is 390 g/mol. The van der Waals surface area contributed by atoms with Gasteiger partial charge in [0.1, 0.15) is 0 Å². The van der Waals surface area contributed by atoms with Gasteiger partial charge >= 0.3 is 6.03 Å². The van der Waals surface area contributed by atoms with Gasteiger partial charge in [0, 0.05) is 37.9 Å². The van der Waals surface area contributed by atoms with Crippen molar-refractivity contribution in [2.45, 2.75) is 25.4 Å². The van der Waals surface area contributed by atoms with Crippen LogP contribution in [0, 0.1) is 0 Å². The minimum Gasteiger partial charge on any atom is -0.323 e. The van der Waals surface area contributed by atoms with Gasteiger partial charge in [-0.1, -0.05) is 47.5 Å². The predicted octanol–water partition coefficient (Wildman–Crippen LogP) is 4.66. The zero-order valence-electron chi connectivity index (χ0n) is 14.4. The van der Waals surface area contributed by atoms with Crippen LogP contribution in [0.5, 0.6) is 0 Å². The zero-order chi connectivity index (χ0) is 18.1. The van der Waals surface area contributed by atoms with E-state index in [0.717, 1.165) is 39.0 Å². The number of fused-ring (bicyclic) bond motifs is 1. The van der Waals surface area contributed by atoms with Crippen molar-refractivity contribution < 1.29 is 4.79 Å². The molecule has 2 aromatic carbocycles. The summed E-state index contributed by atoms with van der Waals surface area (Å²) in [5.41, 5.74) is 3.54. The van der Waals surface area contributed by atoms with Crippen molar-refractivity contribution in [3.05, 3.63) is 63.6 Å². The molecule has 0 radical (unpaired) electrons. The Kier molecular flexibility index (Phi) is 5.07. The van der Waals surface area contributed by atoms with Crippen molar-refractivity contribution in [2.75, 3.05) is 25.0 Å². The van der Waals surface area contributed by atoms with E-state index < -0.39 is 0 Å². The first-order valence-corrected chi connectivity index (χ1v) is 9.67. The highest BCUT2D eigenvalue weighted by Crippen LogP contribution is 2.27. The number of nitrogens with zero attached hydrogens (tertiary/aromatic N) is 2. The molecule has 2 aliphatic rings. The minimum absolute atomic E-state index is 0.0803. The number of anilines is 1. The lowest BCUT2D eigenvalue weighted by Crippen LogP contribution is -2.42. The number of amides is 2. The maximum atomic E-state index is 12.6. The highest BCUT2D eigenvalue weighted by atomic mass is 35.5. The van der Waals surface area contributed by atoms with E-state index in [2.05, 4.69) is 34.5 Å². The molecule has 1 N–H and O–H groups in total. The maximum absolute atomic E-state index is 12.6. The molecule has 1 saturated heterocycles. The monoisotopic (exact) mass is 389 g/mol. The Morgan fingerprint density at radius 1 is 1.04 bits per heavy atom. The van der Waals surface area contributed by atoms with E-state index in [4.69, 9.17) is 23.2 Å². The van der Waals surface area contributed by atoms with Crippen LogP contribution in [0.15, 0.2) is 42.5 Å². The molecule has 2 heterocycles. The van der Waals surface area contributed by atoms with Gasteiger partial charge in [0.15, 0.2) is 0 Å². The number of urea groups is 1. The minimum atomic E-state index is -0.0803. The first-order valence-electron chi connectivity index (χ1n) is 8.92. The van der Waals surface area contributed by atoms with Gasteiger partial charge in [0.25, 0.3) is 0 Å². The van der Waals surface area contributed by atoms with Crippen molar-refractivity contribution in [3.63, 3.8) is 0 Å². The molecule has 1 atom stereocenters. The van der Waals surface area contributed by atoms with E-state index in [-0.39, 0.29) is 6.03 Å². The second-order valence-electron chi connectivity index (χ2n) is 6.94. The summed E-state index contributed by atoms with van der Waals surface area (Å²) in [7, 11) is 0. The summed E-state index contributed by atoms with van der Waals surface area (Å²) in [5.74, 6) is 0. The fourth-order valence-corrected chi connectivity index (χ4v) is 4.13. The molecule has 1 fully saturated rings. The van der Waals surface area contributed by atoms with Crippen LogP contribution >= 0.6 is 23.2 Å².